The van der Waals surface area contributed by atoms with E-state index in [0.29, 0.717) is 5.02 Å². The topological polar surface area (TPSA) is 42.2 Å². The molecular formula is C21H16ClNO2. The molecule has 0 radical (unpaired) electrons. The fraction of sp³-hybridized carbons (Fsp3) is 0.0952. The van der Waals surface area contributed by atoms with Crippen molar-refractivity contribution in [1.29, 1.82) is 0 Å². The number of carbonyl (C=O) groups excluding carboxylic acids is 1. The number of rotatable bonds is 3. The molecule has 25 heavy (non-hydrogen) atoms. The molecule has 4 aromatic rings. The minimum atomic E-state index is -0.0963. The van der Waals surface area contributed by atoms with Gasteiger partial charge in [-0.05, 0) is 41.5 Å². The molecule has 0 aliphatic heterocycles. The smallest absolute Gasteiger partial charge is 0.228 e. The zero-order chi connectivity index (χ0) is 17.4. The first kappa shape index (κ1) is 15.7. The number of aryl methyl sites for hydroxylation is 1. The molecule has 4 heteroatoms. The van der Waals surface area contributed by atoms with Crippen molar-refractivity contribution >= 4 is 44.9 Å². The molecule has 0 saturated heterocycles. The molecule has 1 heterocycles. The molecule has 0 saturated carbocycles. The maximum Gasteiger partial charge on any atom is 0.228 e. The summed E-state index contributed by atoms with van der Waals surface area (Å²) in [6.07, 6.45) is 1.91. The molecule has 3 nitrogen and oxygen atoms in total. The summed E-state index contributed by atoms with van der Waals surface area (Å²) in [6.45, 7) is 1.94. The third-order valence-electron chi connectivity index (χ3n) is 4.36. The minimum Gasteiger partial charge on any atom is -0.464 e. The van der Waals surface area contributed by atoms with Gasteiger partial charge in [-0.3, -0.25) is 4.79 Å². The van der Waals surface area contributed by atoms with Crippen LogP contribution in [0.15, 0.2) is 65.3 Å². The normalized spacial score (nSPS) is 11.1. The molecule has 0 unspecified atom stereocenters. The number of anilines is 1. The third kappa shape index (κ3) is 2.99. The van der Waals surface area contributed by atoms with Gasteiger partial charge in [0, 0.05) is 21.7 Å². The summed E-state index contributed by atoms with van der Waals surface area (Å²) in [4.78, 5) is 12.5. The molecule has 0 fully saturated rings. The summed E-state index contributed by atoms with van der Waals surface area (Å²) in [6, 6.07) is 17.5. The Morgan fingerprint density at radius 1 is 1.12 bits per heavy atom. The lowest BCUT2D eigenvalue weighted by molar-refractivity contribution is -0.115. The van der Waals surface area contributed by atoms with Crippen LogP contribution in [0.2, 0.25) is 5.02 Å². The van der Waals surface area contributed by atoms with Crippen LogP contribution in [0.4, 0.5) is 5.69 Å². The Hall–Kier alpha value is -2.78. The highest BCUT2D eigenvalue weighted by Gasteiger charge is 2.14. The zero-order valence-corrected chi connectivity index (χ0v) is 14.4. The van der Waals surface area contributed by atoms with E-state index in [1.807, 2.05) is 43.3 Å². The number of halogens is 1. The van der Waals surface area contributed by atoms with Crippen LogP contribution in [-0.4, -0.2) is 5.91 Å². The first-order chi connectivity index (χ1) is 12.1. The Morgan fingerprint density at radius 2 is 1.96 bits per heavy atom. The van der Waals surface area contributed by atoms with Gasteiger partial charge in [-0.2, -0.15) is 0 Å². The van der Waals surface area contributed by atoms with E-state index in [1.165, 1.54) is 0 Å². The molecule has 0 spiro atoms. The van der Waals surface area contributed by atoms with Gasteiger partial charge in [0.15, 0.2) is 0 Å². The summed E-state index contributed by atoms with van der Waals surface area (Å²) in [5.74, 6) is -0.0963. The molecular weight excluding hydrogens is 334 g/mol. The van der Waals surface area contributed by atoms with Crippen molar-refractivity contribution in [2.75, 3.05) is 5.32 Å². The molecule has 1 N–H and O–H groups in total. The number of hydrogen-bond acceptors (Lipinski definition) is 2. The van der Waals surface area contributed by atoms with Gasteiger partial charge < -0.3 is 9.73 Å². The third-order valence-corrected chi connectivity index (χ3v) is 4.60. The predicted octanol–water partition coefficient (Wildman–Crippen LogP) is 5.73. The van der Waals surface area contributed by atoms with Gasteiger partial charge in [0.2, 0.25) is 5.91 Å². The summed E-state index contributed by atoms with van der Waals surface area (Å²) >= 11 is 6.02. The number of amides is 1. The average Bonchev–Trinajstić information content (AvgIpc) is 3.01. The van der Waals surface area contributed by atoms with Gasteiger partial charge in [0.1, 0.15) is 5.58 Å². The standard InChI is InChI=1S/C21H16ClNO2/c1-13-6-8-16(22)11-18(13)23-20(24)10-15-12-25-19-9-7-14-4-2-3-5-17(14)21(15)19/h2-9,11-12H,10H2,1H3,(H,23,24). The second-order valence-corrected chi connectivity index (χ2v) is 6.54. The van der Waals surface area contributed by atoms with Gasteiger partial charge in [0.05, 0.1) is 12.7 Å². The maximum atomic E-state index is 12.5. The van der Waals surface area contributed by atoms with Gasteiger partial charge in [-0.15, -0.1) is 0 Å². The second kappa shape index (κ2) is 6.26. The Labute approximate surface area is 150 Å². The summed E-state index contributed by atoms with van der Waals surface area (Å²) in [5, 5.41) is 6.75. The highest BCUT2D eigenvalue weighted by atomic mass is 35.5. The Bertz CT molecular complexity index is 1100. The van der Waals surface area contributed by atoms with E-state index in [4.69, 9.17) is 16.0 Å². The molecule has 0 aliphatic rings. The van der Waals surface area contributed by atoms with Crippen LogP contribution in [0.1, 0.15) is 11.1 Å². The largest absolute Gasteiger partial charge is 0.464 e. The lowest BCUT2D eigenvalue weighted by atomic mass is 10.0. The second-order valence-electron chi connectivity index (χ2n) is 6.10. The summed E-state index contributed by atoms with van der Waals surface area (Å²) in [7, 11) is 0. The summed E-state index contributed by atoms with van der Waals surface area (Å²) in [5.41, 5.74) is 3.37. The van der Waals surface area contributed by atoms with E-state index < -0.39 is 0 Å². The van der Waals surface area contributed by atoms with E-state index in [2.05, 4.69) is 17.4 Å². The maximum absolute atomic E-state index is 12.5. The number of furan rings is 1. The van der Waals surface area contributed by atoms with Crippen LogP contribution < -0.4 is 5.32 Å². The van der Waals surface area contributed by atoms with Crippen LogP contribution >= 0.6 is 11.6 Å². The molecule has 1 amide bonds. The van der Waals surface area contributed by atoms with Crippen LogP contribution in [0.3, 0.4) is 0 Å². The monoisotopic (exact) mass is 349 g/mol. The van der Waals surface area contributed by atoms with Gasteiger partial charge in [-0.25, -0.2) is 0 Å². The van der Waals surface area contributed by atoms with Crippen molar-refractivity contribution in [3.05, 3.63) is 77.0 Å². The predicted molar refractivity (Wildman–Crippen MR) is 102 cm³/mol. The number of fused-ring (bicyclic) bond motifs is 3. The lowest BCUT2D eigenvalue weighted by Gasteiger charge is -2.08. The number of carbonyl (C=O) groups is 1. The van der Waals surface area contributed by atoms with E-state index >= 15 is 0 Å². The van der Waals surface area contributed by atoms with Crippen molar-refractivity contribution in [2.24, 2.45) is 0 Å². The zero-order valence-electron chi connectivity index (χ0n) is 13.7. The van der Waals surface area contributed by atoms with Crippen LogP contribution in [0.25, 0.3) is 21.7 Å². The van der Waals surface area contributed by atoms with Crippen molar-refractivity contribution in [3.63, 3.8) is 0 Å². The Balaban J connectivity index is 1.67. The average molecular weight is 350 g/mol. The highest BCUT2D eigenvalue weighted by Crippen LogP contribution is 2.30. The van der Waals surface area contributed by atoms with Crippen molar-refractivity contribution in [1.82, 2.24) is 0 Å². The SMILES string of the molecule is Cc1ccc(Cl)cc1NC(=O)Cc1coc2ccc3ccccc3c12. The highest BCUT2D eigenvalue weighted by molar-refractivity contribution is 6.31. The molecule has 3 aromatic carbocycles. The molecule has 1 aromatic heterocycles. The van der Waals surface area contributed by atoms with Crippen molar-refractivity contribution in [2.45, 2.75) is 13.3 Å². The minimum absolute atomic E-state index is 0.0963. The van der Waals surface area contributed by atoms with Crippen LogP contribution in [-0.2, 0) is 11.2 Å². The summed E-state index contributed by atoms with van der Waals surface area (Å²) < 4.78 is 5.65. The fourth-order valence-corrected chi connectivity index (χ4v) is 3.27. The van der Waals surface area contributed by atoms with Crippen molar-refractivity contribution < 1.29 is 9.21 Å². The Kier molecular flexibility index (Phi) is 3.94. The first-order valence-corrected chi connectivity index (χ1v) is 8.43. The van der Waals surface area contributed by atoms with E-state index in [9.17, 15) is 4.79 Å². The first-order valence-electron chi connectivity index (χ1n) is 8.05. The van der Waals surface area contributed by atoms with Crippen LogP contribution in [0, 0.1) is 6.92 Å². The molecule has 0 bridgehead atoms. The van der Waals surface area contributed by atoms with Gasteiger partial charge in [-0.1, -0.05) is 48.0 Å². The molecule has 124 valence electrons. The molecule has 0 aliphatic carbocycles. The van der Waals surface area contributed by atoms with E-state index in [-0.39, 0.29) is 12.3 Å². The van der Waals surface area contributed by atoms with E-state index in [1.54, 1.807) is 12.3 Å². The van der Waals surface area contributed by atoms with Gasteiger partial charge in [0.25, 0.3) is 0 Å². The number of hydrogen-bond donors (Lipinski definition) is 1. The molecule has 0 atom stereocenters. The fourth-order valence-electron chi connectivity index (χ4n) is 3.10. The lowest BCUT2D eigenvalue weighted by Crippen LogP contribution is -2.15. The quantitative estimate of drug-likeness (QED) is 0.513. The number of benzene rings is 3. The van der Waals surface area contributed by atoms with Gasteiger partial charge >= 0.3 is 0 Å². The van der Waals surface area contributed by atoms with E-state index in [0.717, 1.165) is 38.6 Å². The van der Waals surface area contributed by atoms with Crippen molar-refractivity contribution in [3.8, 4) is 0 Å². The Morgan fingerprint density at radius 3 is 2.84 bits per heavy atom. The number of nitrogens with one attached hydrogen (secondary N) is 1. The van der Waals surface area contributed by atoms with Crippen LogP contribution in [0.5, 0.6) is 0 Å². The molecule has 4 rings (SSSR count).